The maximum absolute atomic E-state index is 11.5. The third-order valence-corrected chi connectivity index (χ3v) is 4.07. The Labute approximate surface area is 147 Å². The molecular weight excluding hydrogens is 408 g/mol. The number of benzene rings is 2. The van der Waals surface area contributed by atoms with Crippen LogP contribution in [0, 0.1) is 0 Å². The number of hydrogen-bond donors (Lipinski definition) is 0. The first kappa shape index (κ1) is 17.0. The summed E-state index contributed by atoms with van der Waals surface area (Å²) in [6.45, 7) is 4.09. The molecule has 2 aromatic carbocycles. The number of ether oxygens (including phenoxy) is 1. The van der Waals surface area contributed by atoms with Gasteiger partial charge in [-0.3, -0.25) is 0 Å². The summed E-state index contributed by atoms with van der Waals surface area (Å²) in [5.41, 5.74) is 4.14. The molecule has 0 radical (unpaired) electrons. The maximum atomic E-state index is 11.5. The van der Waals surface area contributed by atoms with E-state index in [0.29, 0.717) is 6.61 Å². The summed E-state index contributed by atoms with van der Waals surface area (Å²) >= 11 is 7.00. The third-order valence-electron chi connectivity index (χ3n) is 3.16. The van der Waals surface area contributed by atoms with Crippen LogP contribution in [-0.4, -0.2) is 12.6 Å². The molecule has 4 heteroatoms. The van der Waals surface area contributed by atoms with Gasteiger partial charge in [-0.05, 0) is 54.3 Å². The second-order valence-electron chi connectivity index (χ2n) is 4.81. The Morgan fingerprint density at radius 2 is 1.64 bits per heavy atom. The van der Waals surface area contributed by atoms with Crippen molar-refractivity contribution >= 4 is 43.4 Å². The van der Waals surface area contributed by atoms with Crippen molar-refractivity contribution in [1.82, 2.24) is 0 Å². The summed E-state index contributed by atoms with van der Waals surface area (Å²) in [6, 6.07) is 14.3. The number of rotatable bonds is 4. The fourth-order valence-corrected chi connectivity index (χ4v) is 3.38. The zero-order chi connectivity index (χ0) is 16.1. The summed E-state index contributed by atoms with van der Waals surface area (Å²) in [5.74, 6) is -0.306. The Hall–Kier alpha value is -1.39. The number of hydrogen-bond acceptors (Lipinski definition) is 2. The third kappa shape index (κ3) is 4.55. The van der Waals surface area contributed by atoms with Crippen LogP contribution in [0.1, 0.15) is 19.4 Å². The van der Waals surface area contributed by atoms with E-state index in [1.165, 1.54) is 6.08 Å². The topological polar surface area (TPSA) is 26.3 Å². The lowest BCUT2D eigenvalue weighted by Crippen LogP contribution is -2.00. The van der Waals surface area contributed by atoms with E-state index in [1.54, 1.807) is 6.92 Å². The smallest absolute Gasteiger partial charge is 0.331 e. The summed E-state index contributed by atoms with van der Waals surface area (Å²) in [7, 11) is 0. The molecule has 0 N–H and O–H groups in total. The normalized spacial score (nSPS) is 11.4. The van der Waals surface area contributed by atoms with Gasteiger partial charge in [0.2, 0.25) is 0 Å². The van der Waals surface area contributed by atoms with Crippen LogP contribution < -0.4 is 0 Å². The van der Waals surface area contributed by atoms with E-state index >= 15 is 0 Å². The number of carbonyl (C=O) groups is 1. The molecule has 0 aliphatic rings. The largest absolute Gasteiger partial charge is 0.463 e. The second-order valence-corrected chi connectivity index (χ2v) is 6.65. The maximum Gasteiger partial charge on any atom is 0.331 e. The summed E-state index contributed by atoms with van der Waals surface area (Å²) < 4.78 is 6.98. The monoisotopic (exact) mass is 422 g/mol. The molecule has 0 saturated heterocycles. The van der Waals surface area contributed by atoms with E-state index < -0.39 is 0 Å². The van der Waals surface area contributed by atoms with Crippen molar-refractivity contribution in [3.8, 4) is 11.1 Å². The first-order chi connectivity index (χ1) is 10.5. The van der Waals surface area contributed by atoms with Crippen molar-refractivity contribution < 1.29 is 9.53 Å². The quantitative estimate of drug-likeness (QED) is 0.455. The van der Waals surface area contributed by atoms with E-state index in [-0.39, 0.29) is 5.97 Å². The van der Waals surface area contributed by atoms with Crippen LogP contribution in [0.5, 0.6) is 0 Å². The van der Waals surface area contributed by atoms with E-state index in [4.69, 9.17) is 4.74 Å². The van der Waals surface area contributed by atoms with Crippen molar-refractivity contribution in [2.75, 3.05) is 6.61 Å². The van der Waals surface area contributed by atoms with Gasteiger partial charge in [0.25, 0.3) is 0 Å². The predicted molar refractivity (Wildman–Crippen MR) is 97.6 cm³/mol. The van der Waals surface area contributed by atoms with Gasteiger partial charge in [-0.25, -0.2) is 4.79 Å². The minimum Gasteiger partial charge on any atom is -0.463 e. The molecule has 114 valence electrons. The number of halogens is 2. The highest BCUT2D eigenvalue weighted by Gasteiger charge is 2.04. The summed E-state index contributed by atoms with van der Waals surface area (Å²) in [4.78, 5) is 11.5. The zero-order valence-electron chi connectivity index (χ0n) is 12.4. The molecule has 0 aliphatic carbocycles. The predicted octanol–water partition coefficient (Wildman–Crippen LogP) is 5.85. The van der Waals surface area contributed by atoms with E-state index in [0.717, 1.165) is 31.2 Å². The highest BCUT2D eigenvalue weighted by Crippen LogP contribution is 2.28. The van der Waals surface area contributed by atoms with Gasteiger partial charge in [-0.15, -0.1) is 0 Å². The minimum atomic E-state index is -0.306. The SMILES string of the molecule is CCOC(=O)C=C(C)c1ccc(-c2cc(Br)cc(Br)c2)cc1. The Bertz CT molecular complexity index is 683. The average Bonchev–Trinajstić information content (AvgIpc) is 2.46. The molecule has 0 aliphatic heterocycles. The summed E-state index contributed by atoms with van der Waals surface area (Å²) in [6.07, 6.45) is 1.52. The zero-order valence-corrected chi connectivity index (χ0v) is 15.6. The van der Waals surface area contributed by atoms with Crippen LogP contribution in [0.2, 0.25) is 0 Å². The van der Waals surface area contributed by atoms with Crippen LogP contribution in [0.4, 0.5) is 0 Å². The molecule has 2 rings (SSSR count). The fourth-order valence-electron chi connectivity index (χ4n) is 2.09. The molecule has 0 saturated carbocycles. The molecule has 0 aromatic heterocycles. The van der Waals surface area contributed by atoms with Gasteiger partial charge >= 0.3 is 5.97 Å². The molecule has 0 spiro atoms. The second kappa shape index (κ2) is 7.75. The van der Waals surface area contributed by atoms with Crippen LogP contribution in [0.3, 0.4) is 0 Å². The average molecular weight is 424 g/mol. The summed E-state index contributed by atoms with van der Waals surface area (Å²) in [5, 5.41) is 0. The fraction of sp³-hybridized carbons (Fsp3) is 0.167. The molecule has 0 bridgehead atoms. The van der Waals surface area contributed by atoms with Crippen molar-refractivity contribution in [3.05, 3.63) is 63.0 Å². The van der Waals surface area contributed by atoms with Gasteiger partial charge in [-0.2, -0.15) is 0 Å². The van der Waals surface area contributed by atoms with Gasteiger partial charge in [0.1, 0.15) is 0 Å². The Morgan fingerprint density at radius 3 is 2.18 bits per heavy atom. The van der Waals surface area contributed by atoms with Crippen molar-refractivity contribution in [1.29, 1.82) is 0 Å². The van der Waals surface area contributed by atoms with E-state index in [1.807, 2.05) is 37.3 Å². The molecule has 0 atom stereocenters. The van der Waals surface area contributed by atoms with Gasteiger partial charge in [0.15, 0.2) is 0 Å². The minimum absolute atomic E-state index is 0.306. The van der Waals surface area contributed by atoms with Crippen molar-refractivity contribution in [2.45, 2.75) is 13.8 Å². The Kier molecular flexibility index (Phi) is 5.98. The molecule has 0 unspecified atom stereocenters. The first-order valence-corrected chi connectivity index (χ1v) is 8.50. The molecule has 2 aromatic rings. The standard InChI is InChI=1S/C18H16Br2O2/c1-3-22-18(21)8-12(2)13-4-6-14(7-5-13)15-9-16(19)11-17(20)10-15/h4-11H,3H2,1-2H3. The van der Waals surface area contributed by atoms with Gasteiger partial charge in [0, 0.05) is 15.0 Å². The van der Waals surface area contributed by atoms with Crippen molar-refractivity contribution in [3.63, 3.8) is 0 Å². The number of allylic oxidation sites excluding steroid dienone is 1. The van der Waals surface area contributed by atoms with E-state index in [9.17, 15) is 4.79 Å². The van der Waals surface area contributed by atoms with Crippen LogP contribution in [0.15, 0.2) is 57.5 Å². The molecule has 0 amide bonds. The molecule has 0 heterocycles. The molecule has 22 heavy (non-hydrogen) atoms. The lowest BCUT2D eigenvalue weighted by molar-refractivity contribution is -0.137. The highest BCUT2D eigenvalue weighted by molar-refractivity contribution is 9.11. The Balaban J connectivity index is 2.25. The lowest BCUT2D eigenvalue weighted by atomic mass is 10.0. The highest BCUT2D eigenvalue weighted by atomic mass is 79.9. The number of esters is 1. The van der Waals surface area contributed by atoms with Crippen LogP contribution in [0.25, 0.3) is 16.7 Å². The Morgan fingerprint density at radius 1 is 1.05 bits per heavy atom. The molecule has 2 nitrogen and oxygen atoms in total. The van der Waals surface area contributed by atoms with Crippen LogP contribution in [-0.2, 0) is 9.53 Å². The molecular formula is C18H16Br2O2. The molecule has 0 fully saturated rings. The van der Waals surface area contributed by atoms with Gasteiger partial charge < -0.3 is 4.74 Å². The number of carbonyl (C=O) groups excluding carboxylic acids is 1. The van der Waals surface area contributed by atoms with Gasteiger partial charge in [-0.1, -0.05) is 56.1 Å². The lowest BCUT2D eigenvalue weighted by Gasteiger charge is -2.07. The van der Waals surface area contributed by atoms with Crippen LogP contribution >= 0.6 is 31.9 Å². The van der Waals surface area contributed by atoms with Gasteiger partial charge in [0.05, 0.1) is 6.61 Å². The van der Waals surface area contributed by atoms with Crippen molar-refractivity contribution in [2.24, 2.45) is 0 Å². The first-order valence-electron chi connectivity index (χ1n) is 6.91. The van der Waals surface area contributed by atoms with E-state index in [2.05, 4.69) is 44.0 Å².